The lowest BCUT2D eigenvalue weighted by Crippen LogP contribution is -2.57. The zero-order valence-corrected chi connectivity index (χ0v) is 46.5. The van der Waals surface area contributed by atoms with E-state index in [1.807, 2.05) is 0 Å². The first-order valence-corrected chi connectivity index (χ1v) is 33.4. The summed E-state index contributed by atoms with van der Waals surface area (Å²) in [6.07, 6.45) is 21.9. The fourth-order valence-electron chi connectivity index (χ4n) is 17.3. The van der Waals surface area contributed by atoms with Crippen LogP contribution in [0.1, 0.15) is 196 Å². The van der Waals surface area contributed by atoms with Gasteiger partial charge in [0, 0.05) is 34.2 Å². The summed E-state index contributed by atoms with van der Waals surface area (Å²) in [5.74, 6) is 19.5. The van der Waals surface area contributed by atoms with Crippen LogP contribution in [0.15, 0.2) is 24.3 Å². The van der Waals surface area contributed by atoms with Gasteiger partial charge in [-0.15, -0.1) is 0 Å². The van der Waals surface area contributed by atoms with Crippen molar-refractivity contribution in [2.24, 2.45) is 69.0 Å². The van der Waals surface area contributed by atoms with Crippen molar-refractivity contribution in [3.8, 4) is 23.7 Å². The first-order valence-electron chi connectivity index (χ1n) is 27.6. The summed E-state index contributed by atoms with van der Waals surface area (Å²) in [5.41, 5.74) is 0.400. The van der Waals surface area contributed by atoms with Gasteiger partial charge in [0.05, 0.1) is 0 Å². The highest BCUT2D eigenvalue weighted by Gasteiger charge is 2.66. The van der Waals surface area contributed by atoms with Gasteiger partial charge in [0.15, 0.2) is 16.6 Å². The summed E-state index contributed by atoms with van der Waals surface area (Å²) in [6.45, 7) is 34.0. The lowest BCUT2D eigenvalue weighted by Gasteiger charge is -2.61. The van der Waals surface area contributed by atoms with Crippen LogP contribution in [0.2, 0.25) is 36.3 Å². The Labute approximate surface area is 406 Å². The first kappa shape index (κ1) is 49.6. The van der Waals surface area contributed by atoms with Crippen LogP contribution in [-0.2, 0) is 8.85 Å². The molecule has 0 saturated heterocycles. The summed E-state index contributed by atoms with van der Waals surface area (Å²) in [6, 6.07) is 8.33. The van der Waals surface area contributed by atoms with Gasteiger partial charge in [-0.05, 0) is 234 Å². The van der Waals surface area contributed by atoms with E-state index in [9.17, 15) is 10.2 Å². The maximum atomic E-state index is 12.5. The van der Waals surface area contributed by atoms with Crippen molar-refractivity contribution in [1.29, 1.82) is 0 Å². The third-order valence-electron chi connectivity index (χ3n) is 23.8. The molecule has 4 nitrogen and oxygen atoms in total. The van der Waals surface area contributed by atoms with E-state index in [2.05, 4.69) is 143 Å². The minimum atomic E-state index is -1.78. The molecule has 8 aliphatic carbocycles. The lowest BCUT2D eigenvalue weighted by molar-refractivity contribution is -0.143. The van der Waals surface area contributed by atoms with Crippen LogP contribution in [0.25, 0.3) is 0 Å². The predicted molar refractivity (Wildman–Crippen MR) is 278 cm³/mol. The van der Waals surface area contributed by atoms with Gasteiger partial charge in [0.1, 0.15) is 11.2 Å². The summed E-state index contributed by atoms with van der Waals surface area (Å²) >= 11 is 0. The standard InChI is InChI=1S/C60H94O4Si2/c1-53(2,3)65(11,12)63-45-25-31-55(7)43(39-45)19-21-47-49(55)27-33-57(9)51(47)29-37-59(57,61)35-23-41-15-17-42(18-16-41)24-36-60(62)38-30-52-48-22-20-44-40-46(64-66(13,14)54(4,5)6)26-32-56(44,8)50(48)28-34-58(52,60)10/h15-18,43-52,61-62H,19-22,25-34,37-40H2,1-14H3/t43-,44-,45-,46-,47+,48+,49-,50-,51-,52-,55-,56-,57-,58-,59-,60-/m0/s1. The highest BCUT2D eigenvalue weighted by Crippen LogP contribution is 2.70. The summed E-state index contributed by atoms with van der Waals surface area (Å²) in [4.78, 5) is 0. The van der Waals surface area contributed by atoms with E-state index in [1.165, 1.54) is 77.0 Å². The van der Waals surface area contributed by atoms with Gasteiger partial charge < -0.3 is 19.1 Å². The van der Waals surface area contributed by atoms with Crippen molar-refractivity contribution < 1.29 is 19.1 Å². The fourth-order valence-corrected chi connectivity index (χ4v) is 20.1. The molecule has 0 radical (unpaired) electrons. The van der Waals surface area contributed by atoms with E-state index in [0.717, 1.165) is 73.3 Å². The van der Waals surface area contributed by atoms with Crippen molar-refractivity contribution in [2.45, 2.75) is 244 Å². The van der Waals surface area contributed by atoms with Crippen LogP contribution < -0.4 is 0 Å². The molecule has 2 N–H and O–H groups in total. The van der Waals surface area contributed by atoms with E-state index < -0.39 is 27.8 Å². The molecule has 1 aromatic carbocycles. The smallest absolute Gasteiger partial charge is 0.192 e. The first-order chi connectivity index (χ1) is 30.6. The van der Waals surface area contributed by atoms with E-state index >= 15 is 0 Å². The van der Waals surface area contributed by atoms with E-state index in [4.69, 9.17) is 8.85 Å². The van der Waals surface area contributed by atoms with Gasteiger partial charge in [0.2, 0.25) is 0 Å². The Morgan fingerprint density at radius 3 is 1.18 bits per heavy atom. The molecule has 0 aromatic heterocycles. The van der Waals surface area contributed by atoms with Gasteiger partial charge in [-0.25, -0.2) is 0 Å². The largest absolute Gasteiger partial charge is 0.414 e. The van der Waals surface area contributed by atoms with Gasteiger partial charge in [-0.1, -0.05) is 92.9 Å². The molecule has 66 heavy (non-hydrogen) atoms. The SMILES string of the molecule is CC(C)(C)[Si](C)(C)O[C@H]1CC[C@@]2(C)[C@@H](CC[C@@H]3[C@@H]2CC[C@@]2(C)[C@H]3CC[C@@]2(O)C#Cc2ccc(C#C[C@]3(O)CC[C@H]4[C@@H]5CC[C@H]6C[C@@H](O[Si](C)(C)C(C)(C)C)CC[C@]6(C)[C@H]5CC[C@@]43C)cc2)C1. The zero-order valence-electron chi connectivity index (χ0n) is 44.5. The Morgan fingerprint density at radius 2 is 0.833 bits per heavy atom. The van der Waals surface area contributed by atoms with Crippen molar-refractivity contribution in [3.63, 3.8) is 0 Å². The normalized spacial score (nSPS) is 45.6. The average molecular weight is 936 g/mol. The Kier molecular flexibility index (Phi) is 12.5. The van der Waals surface area contributed by atoms with Crippen LogP contribution in [0.3, 0.4) is 0 Å². The van der Waals surface area contributed by atoms with Crippen molar-refractivity contribution >= 4 is 16.6 Å². The Bertz CT molecular complexity index is 1960. The van der Waals surface area contributed by atoms with Crippen molar-refractivity contribution in [3.05, 3.63) is 35.4 Å². The highest BCUT2D eigenvalue weighted by atomic mass is 28.4. The highest BCUT2D eigenvalue weighted by molar-refractivity contribution is 6.74. The number of hydrogen-bond acceptors (Lipinski definition) is 4. The number of hydrogen-bond donors (Lipinski definition) is 2. The molecule has 8 fully saturated rings. The fraction of sp³-hybridized carbons (Fsp3) is 0.833. The van der Waals surface area contributed by atoms with Crippen molar-refractivity contribution in [1.82, 2.24) is 0 Å². The minimum absolute atomic E-state index is 0.168. The summed E-state index contributed by atoms with van der Waals surface area (Å²) in [5, 5.41) is 25.5. The van der Waals surface area contributed by atoms with Gasteiger partial charge in [-0.2, -0.15) is 0 Å². The minimum Gasteiger partial charge on any atom is -0.414 e. The third kappa shape index (κ3) is 7.98. The summed E-state index contributed by atoms with van der Waals surface area (Å²) < 4.78 is 14.1. The molecule has 8 aliphatic rings. The Hall–Kier alpha value is -1.39. The van der Waals surface area contributed by atoms with Crippen LogP contribution in [-0.4, -0.2) is 50.3 Å². The van der Waals surface area contributed by atoms with Crippen LogP contribution in [0.5, 0.6) is 0 Å². The Balaban J connectivity index is 0.825. The van der Waals surface area contributed by atoms with E-state index in [-0.39, 0.29) is 20.9 Å². The maximum absolute atomic E-state index is 12.5. The monoisotopic (exact) mass is 935 g/mol. The number of fused-ring (bicyclic) bond motifs is 10. The molecule has 6 heteroatoms. The molecule has 8 saturated carbocycles. The average Bonchev–Trinajstić information content (AvgIpc) is 3.67. The van der Waals surface area contributed by atoms with Crippen LogP contribution >= 0.6 is 0 Å². The number of rotatable bonds is 4. The predicted octanol–water partition coefficient (Wildman–Crippen LogP) is 14.7. The van der Waals surface area contributed by atoms with Crippen LogP contribution in [0, 0.1) is 92.7 Å². The molecule has 0 heterocycles. The molecule has 0 spiro atoms. The van der Waals surface area contributed by atoms with E-state index in [0.29, 0.717) is 46.7 Å². The molecular weight excluding hydrogens is 841 g/mol. The lowest BCUT2D eigenvalue weighted by atomic mass is 9.44. The number of aliphatic hydroxyl groups is 2. The number of benzene rings is 1. The second-order valence-electron chi connectivity index (χ2n) is 28.7. The topological polar surface area (TPSA) is 58.9 Å². The molecule has 0 unspecified atom stereocenters. The quantitative estimate of drug-likeness (QED) is 0.233. The molecule has 1 aromatic rings. The molecule has 0 bridgehead atoms. The van der Waals surface area contributed by atoms with Crippen molar-refractivity contribution in [2.75, 3.05) is 0 Å². The second-order valence-corrected chi connectivity index (χ2v) is 38.2. The molecule has 16 atom stereocenters. The molecule has 0 aliphatic heterocycles. The molecule has 366 valence electrons. The molecule has 0 amide bonds. The van der Waals surface area contributed by atoms with Gasteiger partial charge in [-0.3, -0.25) is 0 Å². The summed E-state index contributed by atoms with van der Waals surface area (Å²) in [7, 11) is -3.57. The van der Waals surface area contributed by atoms with E-state index in [1.54, 1.807) is 0 Å². The van der Waals surface area contributed by atoms with Gasteiger partial charge in [0.25, 0.3) is 0 Å². The third-order valence-corrected chi connectivity index (χ3v) is 32.9. The second kappa shape index (κ2) is 16.6. The maximum Gasteiger partial charge on any atom is 0.192 e. The molecular formula is C60H94O4Si2. The van der Waals surface area contributed by atoms with Crippen LogP contribution in [0.4, 0.5) is 0 Å². The Morgan fingerprint density at radius 1 is 0.485 bits per heavy atom. The van der Waals surface area contributed by atoms with Gasteiger partial charge >= 0.3 is 0 Å². The zero-order chi connectivity index (χ0) is 47.7. The molecule has 9 rings (SSSR count).